The molecule has 0 aliphatic heterocycles. The topological polar surface area (TPSA) is 110 Å². The minimum absolute atomic E-state index is 0.0673. The zero-order valence-electron chi connectivity index (χ0n) is 14.9. The SMILES string of the molecule is CC[C@H](C(=O)Nc1cccc([N+](=O)[O-])c1)N(c1cc(Cl)ccc1Cl)S(C)(=O)=O. The number of benzene rings is 2. The van der Waals surface area contributed by atoms with Crippen molar-refractivity contribution in [3.63, 3.8) is 0 Å². The lowest BCUT2D eigenvalue weighted by molar-refractivity contribution is -0.384. The summed E-state index contributed by atoms with van der Waals surface area (Å²) in [5, 5.41) is 13.8. The Kier molecular flexibility index (Phi) is 6.87. The van der Waals surface area contributed by atoms with Crippen molar-refractivity contribution < 1.29 is 18.1 Å². The second-order valence-electron chi connectivity index (χ2n) is 5.88. The van der Waals surface area contributed by atoms with Crippen molar-refractivity contribution in [1.82, 2.24) is 0 Å². The molecule has 0 saturated heterocycles. The molecule has 0 radical (unpaired) electrons. The summed E-state index contributed by atoms with van der Waals surface area (Å²) < 4.78 is 25.8. The average Bonchev–Trinajstić information content (AvgIpc) is 2.61. The Bertz CT molecular complexity index is 1010. The lowest BCUT2D eigenvalue weighted by atomic mass is 10.1. The lowest BCUT2D eigenvalue weighted by Crippen LogP contribution is -2.47. The number of amides is 1. The highest BCUT2D eigenvalue weighted by Crippen LogP contribution is 2.33. The highest BCUT2D eigenvalue weighted by Gasteiger charge is 2.33. The fraction of sp³-hybridized carbons (Fsp3) is 0.235. The van der Waals surface area contributed by atoms with Crippen molar-refractivity contribution in [2.24, 2.45) is 0 Å². The van der Waals surface area contributed by atoms with Crippen LogP contribution in [-0.4, -0.2) is 31.5 Å². The number of halogens is 2. The van der Waals surface area contributed by atoms with Gasteiger partial charge in [0, 0.05) is 22.8 Å². The summed E-state index contributed by atoms with van der Waals surface area (Å²) in [6.45, 7) is 1.63. The minimum Gasteiger partial charge on any atom is -0.324 e. The first-order chi connectivity index (χ1) is 13.0. The Morgan fingerprint density at radius 2 is 1.93 bits per heavy atom. The maximum absolute atomic E-state index is 12.8. The van der Waals surface area contributed by atoms with Crippen LogP contribution in [0.25, 0.3) is 0 Å². The van der Waals surface area contributed by atoms with Gasteiger partial charge in [-0.05, 0) is 30.7 Å². The van der Waals surface area contributed by atoms with Gasteiger partial charge >= 0.3 is 0 Å². The molecule has 2 rings (SSSR count). The van der Waals surface area contributed by atoms with Crippen LogP contribution in [0.5, 0.6) is 0 Å². The number of nitro groups is 1. The van der Waals surface area contributed by atoms with Crippen LogP contribution in [0.4, 0.5) is 17.1 Å². The van der Waals surface area contributed by atoms with Crippen molar-refractivity contribution in [2.75, 3.05) is 15.9 Å². The van der Waals surface area contributed by atoms with Gasteiger partial charge in [0.05, 0.1) is 21.9 Å². The fourth-order valence-electron chi connectivity index (χ4n) is 2.61. The van der Waals surface area contributed by atoms with Crippen molar-refractivity contribution in [3.05, 3.63) is 62.6 Å². The molecular weight excluding hydrogens is 429 g/mol. The molecule has 28 heavy (non-hydrogen) atoms. The van der Waals surface area contributed by atoms with Crippen LogP contribution in [0.15, 0.2) is 42.5 Å². The fourth-order valence-corrected chi connectivity index (χ4v) is 4.25. The number of carbonyl (C=O) groups excluding carboxylic acids is 1. The molecule has 0 aromatic heterocycles. The molecule has 1 N–H and O–H groups in total. The Morgan fingerprint density at radius 3 is 2.50 bits per heavy atom. The summed E-state index contributed by atoms with van der Waals surface area (Å²) in [5.74, 6) is -0.663. The molecule has 150 valence electrons. The van der Waals surface area contributed by atoms with E-state index in [9.17, 15) is 23.3 Å². The molecule has 0 spiro atoms. The predicted octanol–water partition coefficient (Wildman–Crippen LogP) is 4.08. The monoisotopic (exact) mass is 445 g/mol. The summed E-state index contributed by atoms with van der Waals surface area (Å²) in [5.41, 5.74) is 0.0321. The number of nitrogens with one attached hydrogen (secondary N) is 1. The van der Waals surface area contributed by atoms with Gasteiger partial charge in [0.25, 0.3) is 5.69 Å². The standard InChI is InChI=1S/C17H17Cl2N3O5S/c1-3-15(17(23)20-12-5-4-6-13(10-12)22(24)25)21(28(2,26)27)16-9-11(18)7-8-14(16)19/h4-10,15H,3H2,1-2H3,(H,20,23)/t15-/m1/s1. The summed E-state index contributed by atoms with van der Waals surface area (Å²) in [6.07, 6.45) is 1.07. The second-order valence-corrected chi connectivity index (χ2v) is 8.58. The zero-order chi connectivity index (χ0) is 21.1. The van der Waals surface area contributed by atoms with E-state index in [0.29, 0.717) is 0 Å². The van der Waals surface area contributed by atoms with Crippen LogP contribution in [-0.2, 0) is 14.8 Å². The number of nitrogens with zero attached hydrogens (tertiary/aromatic N) is 2. The van der Waals surface area contributed by atoms with Crippen LogP contribution >= 0.6 is 23.2 Å². The third-order valence-electron chi connectivity index (χ3n) is 3.80. The highest BCUT2D eigenvalue weighted by molar-refractivity contribution is 7.92. The summed E-state index contributed by atoms with van der Waals surface area (Å²) in [4.78, 5) is 23.1. The number of carbonyl (C=O) groups is 1. The molecule has 1 amide bonds. The molecule has 0 bridgehead atoms. The van der Waals surface area contributed by atoms with E-state index in [4.69, 9.17) is 23.2 Å². The van der Waals surface area contributed by atoms with Crippen molar-refractivity contribution in [3.8, 4) is 0 Å². The van der Waals surface area contributed by atoms with E-state index in [2.05, 4.69) is 5.32 Å². The molecule has 0 saturated carbocycles. The maximum Gasteiger partial charge on any atom is 0.271 e. The normalized spacial score (nSPS) is 12.3. The van der Waals surface area contributed by atoms with Crippen LogP contribution in [0.2, 0.25) is 10.0 Å². The summed E-state index contributed by atoms with van der Waals surface area (Å²) >= 11 is 12.1. The molecule has 0 unspecified atom stereocenters. The van der Waals surface area contributed by atoms with Gasteiger partial charge in [0.1, 0.15) is 6.04 Å². The number of anilines is 2. The Labute approximate surface area is 172 Å². The number of nitro benzene ring substituents is 1. The molecule has 2 aromatic carbocycles. The summed E-state index contributed by atoms with van der Waals surface area (Å²) in [7, 11) is -3.91. The highest BCUT2D eigenvalue weighted by atomic mass is 35.5. The molecule has 0 aliphatic carbocycles. The number of hydrogen-bond donors (Lipinski definition) is 1. The van der Waals surface area contributed by atoms with Crippen molar-refractivity contribution in [2.45, 2.75) is 19.4 Å². The number of non-ortho nitro benzene ring substituents is 1. The Hall–Kier alpha value is -2.36. The van der Waals surface area contributed by atoms with E-state index in [0.717, 1.165) is 10.6 Å². The number of sulfonamides is 1. The molecule has 0 aliphatic rings. The summed E-state index contributed by atoms with van der Waals surface area (Å²) in [6, 6.07) is 8.48. The van der Waals surface area contributed by atoms with Gasteiger partial charge in [-0.3, -0.25) is 19.2 Å². The maximum atomic E-state index is 12.8. The van der Waals surface area contributed by atoms with Crippen molar-refractivity contribution >= 4 is 56.2 Å². The van der Waals surface area contributed by atoms with Gasteiger partial charge in [0.15, 0.2) is 0 Å². The van der Waals surface area contributed by atoms with Crippen LogP contribution in [0, 0.1) is 10.1 Å². The number of hydrogen-bond acceptors (Lipinski definition) is 5. The first kappa shape index (κ1) is 21.9. The molecule has 11 heteroatoms. The average molecular weight is 446 g/mol. The second kappa shape index (κ2) is 8.76. The molecular formula is C17H17Cl2N3O5S. The van der Waals surface area contributed by atoms with Gasteiger partial charge in [0.2, 0.25) is 15.9 Å². The Balaban J connectivity index is 2.44. The van der Waals surface area contributed by atoms with Crippen molar-refractivity contribution in [1.29, 1.82) is 0 Å². The molecule has 1 atom stereocenters. The first-order valence-corrected chi connectivity index (χ1v) is 10.6. The lowest BCUT2D eigenvalue weighted by Gasteiger charge is -2.30. The van der Waals surface area contributed by atoms with Crippen LogP contribution in [0.3, 0.4) is 0 Å². The van der Waals surface area contributed by atoms with E-state index >= 15 is 0 Å². The van der Waals surface area contributed by atoms with E-state index in [1.807, 2.05) is 0 Å². The smallest absolute Gasteiger partial charge is 0.271 e. The van der Waals surface area contributed by atoms with E-state index in [-0.39, 0.29) is 33.5 Å². The van der Waals surface area contributed by atoms with E-state index < -0.39 is 26.9 Å². The Morgan fingerprint density at radius 1 is 1.25 bits per heavy atom. The van der Waals surface area contributed by atoms with E-state index in [1.54, 1.807) is 6.92 Å². The third-order valence-corrected chi connectivity index (χ3v) is 5.52. The number of rotatable bonds is 7. The van der Waals surface area contributed by atoms with Crippen LogP contribution in [0.1, 0.15) is 13.3 Å². The van der Waals surface area contributed by atoms with Gasteiger partial charge in [-0.1, -0.05) is 36.2 Å². The molecule has 0 heterocycles. The predicted molar refractivity (Wildman–Crippen MR) is 110 cm³/mol. The van der Waals surface area contributed by atoms with E-state index in [1.165, 1.54) is 42.5 Å². The molecule has 8 nitrogen and oxygen atoms in total. The van der Waals surface area contributed by atoms with Crippen LogP contribution < -0.4 is 9.62 Å². The van der Waals surface area contributed by atoms with Gasteiger partial charge in [-0.25, -0.2) is 8.42 Å². The molecule has 2 aromatic rings. The largest absolute Gasteiger partial charge is 0.324 e. The molecule has 0 fully saturated rings. The first-order valence-electron chi connectivity index (χ1n) is 8.04. The third kappa shape index (κ3) is 5.12. The minimum atomic E-state index is -3.91. The van der Waals surface area contributed by atoms with Gasteiger partial charge < -0.3 is 5.32 Å². The van der Waals surface area contributed by atoms with Gasteiger partial charge in [-0.15, -0.1) is 0 Å². The quantitative estimate of drug-likeness (QED) is 0.509. The zero-order valence-corrected chi connectivity index (χ0v) is 17.3. The van der Waals surface area contributed by atoms with Gasteiger partial charge in [-0.2, -0.15) is 0 Å².